The van der Waals surface area contributed by atoms with Crippen molar-refractivity contribution in [2.24, 2.45) is 11.8 Å². The molecule has 0 bridgehead atoms. The van der Waals surface area contributed by atoms with Gasteiger partial charge in [0.15, 0.2) is 0 Å². The first kappa shape index (κ1) is 26.0. The van der Waals surface area contributed by atoms with Gasteiger partial charge in [0, 0.05) is 61.2 Å². The molecule has 3 aliphatic heterocycles. The van der Waals surface area contributed by atoms with Gasteiger partial charge in [-0.2, -0.15) is 0 Å². The lowest BCUT2D eigenvalue weighted by molar-refractivity contribution is 0.0983. The van der Waals surface area contributed by atoms with Crippen LogP contribution >= 0.6 is 0 Å². The fraction of sp³-hybridized carbons (Fsp3) is 0.677. The van der Waals surface area contributed by atoms with E-state index in [0.29, 0.717) is 41.8 Å². The first-order valence-corrected chi connectivity index (χ1v) is 14.9. The average Bonchev–Trinajstić information content (AvgIpc) is 3.28. The second-order valence-corrected chi connectivity index (χ2v) is 12.7. The molecule has 2 N–H and O–H groups in total. The fourth-order valence-corrected chi connectivity index (χ4v) is 7.41. The second kappa shape index (κ2) is 10.4. The number of benzene rings is 1. The number of hydrogen-bond donors (Lipinski definition) is 2. The average molecular weight is 519 g/mol. The molecule has 6 atom stereocenters. The van der Waals surface area contributed by atoms with Crippen molar-refractivity contribution in [2.45, 2.75) is 97.3 Å². The van der Waals surface area contributed by atoms with Gasteiger partial charge in [-0.05, 0) is 62.6 Å². The lowest BCUT2D eigenvalue weighted by atomic mass is 9.68. The molecular weight excluding hydrogens is 472 g/mol. The molecule has 0 amide bonds. The van der Waals surface area contributed by atoms with E-state index in [2.05, 4.69) is 80.4 Å². The molecule has 206 valence electrons. The number of aromatic nitrogens is 2. The Morgan fingerprint density at radius 3 is 2.68 bits per heavy atom. The van der Waals surface area contributed by atoms with Crippen LogP contribution in [0.25, 0.3) is 0 Å². The van der Waals surface area contributed by atoms with Gasteiger partial charge in [-0.3, -0.25) is 10.9 Å². The Kier molecular flexibility index (Phi) is 7.12. The van der Waals surface area contributed by atoms with Crippen molar-refractivity contribution in [3.05, 3.63) is 46.4 Å². The minimum absolute atomic E-state index is 0.308. The maximum Gasteiger partial charge on any atom is 0.138 e. The number of ether oxygens (including phenoxy) is 1. The molecule has 2 aromatic rings. The van der Waals surface area contributed by atoms with Crippen LogP contribution in [-0.2, 0) is 17.7 Å². The van der Waals surface area contributed by atoms with Crippen LogP contribution in [0.15, 0.2) is 18.2 Å². The highest BCUT2D eigenvalue weighted by Gasteiger charge is 2.46. The molecule has 6 rings (SSSR count). The summed E-state index contributed by atoms with van der Waals surface area (Å²) < 4.78 is 5.84. The number of fused-ring (bicyclic) bond motifs is 2. The van der Waals surface area contributed by atoms with Crippen molar-refractivity contribution in [1.82, 2.24) is 20.8 Å². The third kappa shape index (κ3) is 4.61. The highest BCUT2D eigenvalue weighted by atomic mass is 16.5. The number of morpholine rings is 1. The van der Waals surface area contributed by atoms with Crippen LogP contribution in [0.4, 0.5) is 11.5 Å². The Morgan fingerprint density at radius 1 is 1.05 bits per heavy atom. The van der Waals surface area contributed by atoms with Crippen molar-refractivity contribution in [1.29, 1.82) is 0 Å². The summed E-state index contributed by atoms with van der Waals surface area (Å²) in [4.78, 5) is 16.0. The first-order chi connectivity index (χ1) is 18.3. The van der Waals surface area contributed by atoms with Crippen molar-refractivity contribution in [2.75, 3.05) is 36.1 Å². The molecule has 1 aromatic carbocycles. The zero-order chi connectivity index (χ0) is 26.6. The third-order valence-electron chi connectivity index (χ3n) is 9.73. The van der Waals surface area contributed by atoms with Crippen LogP contribution in [-0.4, -0.2) is 54.4 Å². The molecule has 4 heterocycles. The van der Waals surface area contributed by atoms with Gasteiger partial charge in [-0.15, -0.1) is 0 Å². The third-order valence-corrected chi connectivity index (χ3v) is 9.73. The van der Waals surface area contributed by atoms with E-state index < -0.39 is 0 Å². The SMILES string of the molecule is Cc1ccc(C(C)C)cc1N1CCc2nc(C3C(C)CCC4NNC(C)C43)nc(N3CCOC[C@H]3C)c2C1. The van der Waals surface area contributed by atoms with Crippen molar-refractivity contribution < 1.29 is 4.74 Å². The molecule has 1 aliphatic carbocycles. The molecular formula is C31H46N6O. The van der Waals surface area contributed by atoms with E-state index in [1.807, 2.05) is 0 Å². The highest BCUT2D eigenvalue weighted by Crippen LogP contribution is 2.45. The van der Waals surface area contributed by atoms with E-state index in [1.165, 1.54) is 40.9 Å². The molecule has 1 saturated carbocycles. The lowest BCUT2D eigenvalue weighted by Gasteiger charge is -2.41. The van der Waals surface area contributed by atoms with Gasteiger partial charge in [-0.1, -0.05) is 32.9 Å². The molecule has 2 saturated heterocycles. The van der Waals surface area contributed by atoms with Crippen LogP contribution in [0.1, 0.15) is 87.5 Å². The van der Waals surface area contributed by atoms with Crippen LogP contribution in [0.3, 0.4) is 0 Å². The predicted molar refractivity (Wildman–Crippen MR) is 154 cm³/mol. The van der Waals surface area contributed by atoms with E-state index in [-0.39, 0.29) is 0 Å². The number of hydrogen-bond acceptors (Lipinski definition) is 7. The number of hydrazine groups is 1. The Bertz CT molecular complexity index is 1170. The topological polar surface area (TPSA) is 65.6 Å². The second-order valence-electron chi connectivity index (χ2n) is 12.7. The summed E-state index contributed by atoms with van der Waals surface area (Å²) >= 11 is 0. The van der Waals surface area contributed by atoms with E-state index in [4.69, 9.17) is 14.7 Å². The minimum Gasteiger partial charge on any atom is -0.377 e. The summed E-state index contributed by atoms with van der Waals surface area (Å²) in [6, 6.07) is 8.21. The maximum atomic E-state index is 5.84. The van der Waals surface area contributed by atoms with Gasteiger partial charge in [0.1, 0.15) is 11.6 Å². The summed E-state index contributed by atoms with van der Waals surface area (Å²) in [7, 11) is 0. The summed E-state index contributed by atoms with van der Waals surface area (Å²) in [6.07, 6.45) is 3.40. The Balaban J connectivity index is 1.42. The molecule has 1 aromatic heterocycles. The first-order valence-electron chi connectivity index (χ1n) is 14.9. The standard InChI is InChI=1S/C31H46N6O/c1-18(2)23-9-7-19(3)27(15-23)36-12-11-25-24(16-36)31(37-13-14-38-17-21(37)5)33-30(32-25)28-20(4)8-10-26-29(28)22(6)34-35-26/h7,9,15,18,20-22,26,28-29,34-35H,8,10-14,16-17H2,1-6H3/t20?,21-,22?,26?,28?,29?/m1/s1. The van der Waals surface area contributed by atoms with Crippen LogP contribution in [0.2, 0.25) is 0 Å². The molecule has 38 heavy (non-hydrogen) atoms. The van der Waals surface area contributed by atoms with Crippen molar-refractivity contribution >= 4 is 11.5 Å². The highest BCUT2D eigenvalue weighted by molar-refractivity contribution is 5.60. The number of nitrogens with zero attached hydrogens (tertiary/aromatic N) is 4. The summed E-state index contributed by atoms with van der Waals surface area (Å²) in [5.74, 6) is 4.22. The van der Waals surface area contributed by atoms with E-state index in [0.717, 1.165) is 50.9 Å². The van der Waals surface area contributed by atoms with Crippen molar-refractivity contribution in [3.63, 3.8) is 0 Å². The minimum atomic E-state index is 0.308. The summed E-state index contributed by atoms with van der Waals surface area (Å²) in [5.41, 5.74) is 13.8. The van der Waals surface area contributed by atoms with Crippen LogP contribution in [0.5, 0.6) is 0 Å². The van der Waals surface area contributed by atoms with Gasteiger partial charge in [-0.25, -0.2) is 9.97 Å². The molecule has 0 spiro atoms. The molecule has 7 nitrogen and oxygen atoms in total. The fourth-order valence-electron chi connectivity index (χ4n) is 7.41. The number of rotatable bonds is 4. The molecule has 5 unspecified atom stereocenters. The van der Waals surface area contributed by atoms with Gasteiger partial charge in [0.2, 0.25) is 0 Å². The largest absolute Gasteiger partial charge is 0.377 e. The zero-order valence-electron chi connectivity index (χ0n) is 24.1. The van der Waals surface area contributed by atoms with Crippen LogP contribution < -0.4 is 20.7 Å². The maximum absolute atomic E-state index is 5.84. The van der Waals surface area contributed by atoms with Gasteiger partial charge < -0.3 is 14.5 Å². The van der Waals surface area contributed by atoms with E-state index >= 15 is 0 Å². The normalized spacial score (nSPS) is 31.4. The van der Waals surface area contributed by atoms with E-state index in [9.17, 15) is 0 Å². The molecule has 0 radical (unpaired) electrons. The van der Waals surface area contributed by atoms with Gasteiger partial charge in [0.05, 0.1) is 24.9 Å². The quantitative estimate of drug-likeness (QED) is 0.609. The predicted octanol–water partition coefficient (Wildman–Crippen LogP) is 4.69. The smallest absolute Gasteiger partial charge is 0.138 e. The van der Waals surface area contributed by atoms with Gasteiger partial charge >= 0.3 is 0 Å². The van der Waals surface area contributed by atoms with Crippen molar-refractivity contribution in [3.8, 4) is 0 Å². The van der Waals surface area contributed by atoms with E-state index in [1.54, 1.807) is 0 Å². The summed E-state index contributed by atoms with van der Waals surface area (Å²) in [5, 5.41) is 0. The zero-order valence-corrected chi connectivity index (χ0v) is 24.1. The molecule has 7 heteroatoms. The Labute approximate surface area is 228 Å². The van der Waals surface area contributed by atoms with Crippen LogP contribution in [0, 0.1) is 18.8 Å². The Hall–Kier alpha value is -2.22. The summed E-state index contributed by atoms with van der Waals surface area (Å²) in [6.45, 7) is 18.1. The Morgan fingerprint density at radius 2 is 1.89 bits per heavy atom. The monoisotopic (exact) mass is 518 g/mol. The molecule has 3 fully saturated rings. The van der Waals surface area contributed by atoms with Gasteiger partial charge in [0.25, 0.3) is 0 Å². The number of anilines is 2. The molecule has 4 aliphatic rings. The number of aryl methyl sites for hydroxylation is 1. The lowest BCUT2D eigenvalue weighted by Crippen LogP contribution is -2.46. The number of nitrogens with one attached hydrogen (secondary N) is 2.